The molecule has 1 aliphatic rings. The van der Waals surface area contributed by atoms with Crippen molar-refractivity contribution in [1.82, 2.24) is 4.98 Å². The van der Waals surface area contributed by atoms with E-state index in [1.165, 1.54) is 6.08 Å². The van der Waals surface area contributed by atoms with E-state index in [0.29, 0.717) is 20.2 Å². The summed E-state index contributed by atoms with van der Waals surface area (Å²) in [5.74, 6) is -0.444. The summed E-state index contributed by atoms with van der Waals surface area (Å²) in [6.45, 7) is 1.82. The molecule has 1 heterocycles. The standard InChI is InChI=1S/C14H8Cl2N2O2Se/c1-6-17-12-13(20)10(5-11(19)14(12)21-6)18-9-3-7(15)2-8(16)4-9/h2-5,18H,1H3. The fourth-order valence-electron chi connectivity index (χ4n) is 2.01. The molecular weight excluding hydrogens is 378 g/mol. The van der Waals surface area contributed by atoms with Crippen LogP contribution in [0.4, 0.5) is 5.69 Å². The van der Waals surface area contributed by atoms with E-state index < -0.39 is 0 Å². The molecule has 0 aliphatic heterocycles. The van der Waals surface area contributed by atoms with E-state index in [1.54, 1.807) is 18.2 Å². The SMILES string of the molecule is Cc1nc2c([se]1)C(=O)C=C(Nc1cc(Cl)cc(Cl)c1)C2=O. The number of hydrogen-bond donors (Lipinski definition) is 1. The van der Waals surface area contributed by atoms with Crippen molar-refractivity contribution >= 4 is 55.0 Å². The molecule has 0 atom stereocenters. The number of benzene rings is 1. The predicted octanol–water partition coefficient (Wildman–Crippen LogP) is 3.13. The van der Waals surface area contributed by atoms with Gasteiger partial charge in [0.05, 0.1) is 0 Å². The first-order valence-corrected chi connectivity index (χ1v) is 8.42. The van der Waals surface area contributed by atoms with Gasteiger partial charge in [-0.1, -0.05) is 0 Å². The van der Waals surface area contributed by atoms with E-state index >= 15 is 0 Å². The number of nitrogens with zero attached hydrogens (tertiary/aromatic N) is 1. The minimum absolute atomic E-state index is 0.149. The fourth-order valence-corrected chi connectivity index (χ4v) is 4.27. The van der Waals surface area contributed by atoms with Gasteiger partial charge in [-0.05, 0) is 0 Å². The van der Waals surface area contributed by atoms with Crippen LogP contribution in [0.3, 0.4) is 0 Å². The molecule has 0 saturated heterocycles. The van der Waals surface area contributed by atoms with Gasteiger partial charge in [0, 0.05) is 0 Å². The Bertz CT molecular complexity index is 791. The number of aryl methyl sites for hydroxylation is 1. The summed E-state index contributed by atoms with van der Waals surface area (Å²) in [6, 6.07) is 4.84. The Kier molecular flexibility index (Phi) is 3.76. The average Bonchev–Trinajstić information content (AvgIpc) is 2.77. The molecule has 0 saturated carbocycles. The molecule has 0 radical (unpaired) electrons. The molecule has 0 unspecified atom stereocenters. The maximum absolute atomic E-state index is 12.4. The molecule has 1 aromatic carbocycles. The third kappa shape index (κ3) is 2.83. The quantitative estimate of drug-likeness (QED) is 0.806. The Morgan fingerprint density at radius 1 is 1.14 bits per heavy atom. The second-order valence-corrected chi connectivity index (χ2v) is 7.84. The van der Waals surface area contributed by atoms with Gasteiger partial charge >= 0.3 is 136 Å². The van der Waals surface area contributed by atoms with Crippen molar-refractivity contribution in [3.8, 4) is 0 Å². The Morgan fingerprint density at radius 3 is 2.48 bits per heavy atom. The first-order chi connectivity index (χ1) is 9.94. The molecule has 0 amide bonds. The minimum atomic E-state index is -0.278. The number of halogens is 2. The van der Waals surface area contributed by atoms with Crippen LogP contribution in [-0.4, -0.2) is 31.1 Å². The summed E-state index contributed by atoms with van der Waals surface area (Å²) in [5.41, 5.74) is 0.995. The normalized spacial score (nSPS) is 14.0. The number of ketones is 2. The summed E-state index contributed by atoms with van der Waals surface area (Å²) in [6.07, 6.45) is 1.31. The second-order valence-electron chi connectivity index (χ2n) is 4.45. The van der Waals surface area contributed by atoms with Crippen LogP contribution in [0.5, 0.6) is 0 Å². The zero-order valence-corrected chi connectivity index (χ0v) is 14.0. The van der Waals surface area contributed by atoms with Crippen LogP contribution in [0.15, 0.2) is 30.0 Å². The number of fused-ring (bicyclic) bond motifs is 1. The molecule has 0 fully saturated rings. The van der Waals surface area contributed by atoms with E-state index in [1.807, 2.05) is 6.92 Å². The van der Waals surface area contributed by atoms with Crippen molar-refractivity contribution in [2.24, 2.45) is 0 Å². The maximum atomic E-state index is 12.4. The van der Waals surface area contributed by atoms with Crippen molar-refractivity contribution in [3.63, 3.8) is 0 Å². The van der Waals surface area contributed by atoms with E-state index in [2.05, 4.69) is 10.3 Å². The van der Waals surface area contributed by atoms with Gasteiger partial charge in [-0.3, -0.25) is 0 Å². The van der Waals surface area contributed by atoms with Crippen LogP contribution in [0.2, 0.25) is 10.0 Å². The molecule has 21 heavy (non-hydrogen) atoms. The number of hydrogen-bond acceptors (Lipinski definition) is 4. The van der Waals surface area contributed by atoms with E-state index in [4.69, 9.17) is 23.2 Å². The number of nitrogens with one attached hydrogen (secondary N) is 1. The average molecular weight is 386 g/mol. The predicted molar refractivity (Wildman–Crippen MR) is 82.7 cm³/mol. The number of carbonyl (C=O) groups is 2. The Hall–Kier alpha value is -1.39. The van der Waals surface area contributed by atoms with E-state index in [0.717, 1.165) is 4.57 Å². The van der Waals surface area contributed by atoms with Gasteiger partial charge in [-0.2, -0.15) is 0 Å². The molecule has 1 aromatic heterocycles. The number of anilines is 1. The van der Waals surface area contributed by atoms with E-state index in [9.17, 15) is 9.59 Å². The van der Waals surface area contributed by atoms with Crippen molar-refractivity contribution in [1.29, 1.82) is 0 Å². The van der Waals surface area contributed by atoms with Crippen LogP contribution in [-0.2, 0) is 0 Å². The molecule has 4 nitrogen and oxygen atoms in total. The van der Waals surface area contributed by atoms with Gasteiger partial charge in [0.2, 0.25) is 0 Å². The van der Waals surface area contributed by atoms with Crippen molar-refractivity contribution in [2.45, 2.75) is 6.92 Å². The monoisotopic (exact) mass is 386 g/mol. The number of Topliss-reactive ketones (excluding diaryl/α,β-unsaturated/α-hetero) is 1. The van der Waals surface area contributed by atoms with Gasteiger partial charge in [-0.15, -0.1) is 0 Å². The molecule has 0 spiro atoms. The molecule has 1 aliphatic carbocycles. The van der Waals surface area contributed by atoms with Crippen LogP contribution < -0.4 is 5.32 Å². The number of rotatable bonds is 2. The molecule has 0 bridgehead atoms. The summed E-state index contributed by atoms with van der Waals surface area (Å²) in [7, 11) is 0. The number of aromatic nitrogens is 1. The van der Waals surface area contributed by atoms with Crippen LogP contribution in [0.1, 0.15) is 24.3 Å². The van der Waals surface area contributed by atoms with Crippen LogP contribution in [0, 0.1) is 6.92 Å². The van der Waals surface area contributed by atoms with Crippen LogP contribution >= 0.6 is 23.2 Å². The van der Waals surface area contributed by atoms with Gasteiger partial charge in [0.15, 0.2) is 0 Å². The zero-order chi connectivity index (χ0) is 15.1. The Balaban J connectivity index is 1.96. The zero-order valence-electron chi connectivity index (χ0n) is 10.7. The van der Waals surface area contributed by atoms with Crippen molar-refractivity contribution in [3.05, 3.63) is 54.7 Å². The van der Waals surface area contributed by atoms with Crippen LogP contribution in [0.25, 0.3) is 0 Å². The summed E-state index contributed by atoms with van der Waals surface area (Å²) in [5, 5.41) is 3.78. The van der Waals surface area contributed by atoms with Gasteiger partial charge in [0.1, 0.15) is 0 Å². The van der Waals surface area contributed by atoms with E-state index in [-0.39, 0.29) is 37.5 Å². The number of carbonyl (C=O) groups excluding carboxylic acids is 2. The van der Waals surface area contributed by atoms with Crippen molar-refractivity contribution in [2.75, 3.05) is 5.32 Å². The first-order valence-electron chi connectivity index (χ1n) is 5.95. The van der Waals surface area contributed by atoms with Crippen molar-refractivity contribution < 1.29 is 9.59 Å². The molecule has 2 aromatic rings. The second kappa shape index (κ2) is 5.43. The molecule has 3 rings (SSSR count). The number of allylic oxidation sites excluding steroid dienone is 2. The molecular formula is C14H8Cl2N2O2Se. The first kappa shape index (κ1) is 14.5. The summed E-state index contributed by atoms with van der Waals surface area (Å²) >= 11 is 11.7. The third-order valence-electron chi connectivity index (χ3n) is 2.83. The Morgan fingerprint density at radius 2 is 1.81 bits per heavy atom. The van der Waals surface area contributed by atoms with Gasteiger partial charge in [0.25, 0.3) is 0 Å². The van der Waals surface area contributed by atoms with Gasteiger partial charge < -0.3 is 0 Å². The third-order valence-corrected chi connectivity index (χ3v) is 5.34. The Labute approximate surface area is 136 Å². The van der Waals surface area contributed by atoms with Gasteiger partial charge in [-0.25, -0.2) is 0 Å². The molecule has 106 valence electrons. The summed E-state index contributed by atoms with van der Waals surface area (Å²) in [4.78, 5) is 28.6. The molecule has 1 N–H and O–H groups in total. The molecule has 7 heteroatoms. The summed E-state index contributed by atoms with van der Waals surface area (Å²) < 4.78 is 1.36. The topological polar surface area (TPSA) is 59.1 Å². The fraction of sp³-hybridized carbons (Fsp3) is 0.0714.